The van der Waals surface area contributed by atoms with E-state index in [0.29, 0.717) is 17.8 Å². The molecule has 0 amide bonds. The first-order chi connectivity index (χ1) is 13.1. The minimum Gasteiger partial charge on any atom is -0.456 e. The molecule has 0 unspecified atom stereocenters. The molecule has 0 fully saturated rings. The number of quaternary nitrogens is 1. The number of hydrogen-bond acceptors (Lipinski definition) is 4. The van der Waals surface area contributed by atoms with Gasteiger partial charge in [-0.1, -0.05) is 60.7 Å². The van der Waals surface area contributed by atoms with E-state index in [1.54, 1.807) is 0 Å². The van der Waals surface area contributed by atoms with Crippen molar-refractivity contribution in [3.05, 3.63) is 76.6 Å². The Morgan fingerprint density at radius 1 is 1.00 bits per heavy atom. The lowest BCUT2D eigenvalue weighted by atomic mass is 9.95. The minimum absolute atomic E-state index is 0.0243. The summed E-state index contributed by atoms with van der Waals surface area (Å²) < 4.78 is 5.37. The Balaban J connectivity index is 2.14. The van der Waals surface area contributed by atoms with Crippen molar-refractivity contribution in [1.82, 2.24) is 10.2 Å². The monoisotopic (exact) mass is 364 g/mol. The standard InChI is InChI=1S/C21H21N3O3/c1-24(2)13-14-27-21(26)18-17(15-9-5-3-6-10-15)19(22-23-20(18)25)16-11-7-4-8-12-16/h3-12H,13-14H2,1-2H3,(H,23,25)/p+1. The van der Waals surface area contributed by atoms with Gasteiger partial charge in [0.05, 0.1) is 19.8 Å². The van der Waals surface area contributed by atoms with Gasteiger partial charge >= 0.3 is 5.97 Å². The first-order valence-electron chi connectivity index (χ1n) is 8.77. The number of rotatable bonds is 6. The van der Waals surface area contributed by atoms with Gasteiger partial charge < -0.3 is 9.64 Å². The molecule has 138 valence electrons. The highest BCUT2D eigenvalue weighted by molar-refractivity contribution is 6.00. The van der Waals surface area contributed by atoms with E-state index >= 15 is 0 Å². The SMILES string of the molecule is C[NH+](C)CCOC(=O)c1c(-c2ccccc2)c(-c2ccccc2)n[nH]c1=O. The molecule has 3 rings (SSSR count). The molecule has 0 bridgehead atoms. The fourth-order valence-corrected chi connectivity index (χ4v) is 2.76. The molecule has 1 heterocycles. The largest absolute Gasteiger partial charge is 0.456 e. The third kappa shape index (κ3) is 4.30. The van der Waals surface area contributed by atoms with Crippen molar-refractivity contribution < 1.29 is 14.4 Å². The third-order valence-electron chi connectivity index (χ3n) is 4.13. The molecule has 2 aromatic carbocycles. The van der Waals surface area contributed by atoms with Crippen LogP contribution in [0.25, 0.3) is 22.4 Å². The van der Waals surface area contributed by atoms with E-state index in [1.165, 1.54) is 0 Å². The van der Waals surface area contributed by atoms with Gasteiger partial charge in [-0.05, 0) is 5.56 Å². The molecule has 2 N–H and O–H groups in total. The number of esters is 1. The summed E-state index contributed by atoms with van der Waals surface area (Å²) in [6, 6.07) is 18.7. The highest BCUT2D eigenvalue weighted by Crippen LogP contribution is 2.31. The lowest BCUT2D eigenvalue weighted by molar-refractivity contribution is -0.858. The second-order valence-corrected chi connectivity index (χ2v) is 6.48. The smallest absolute Gasteiger partial charge is 0.344 e. The van der Waals surface area contributed by atoms with Crippen LogP contribution in [-0.4, -0.2) is 43.4 Å². The summed E-state index contributed by atoms with van der Waals surface area (Å²) in [6.45, 7) is 0.888. The van der Waals surface area contributed by atoms with Crippen LogP contribution in [0.4, 0.5) is 0 Å². The van der Waals surface area contributed by atoms with E-state index in [1.807, 2.05) is 74.8 Å². The lowest BCUT2D eigenvalue weighted by Crippen LogP contribution is -3.06. The molecule has 27 heavy (non-hydrogen) atoms. The Bertz CT molecular complexity index is 967. The summed E-state index contributed by atoms with van der Waals surface area (Å²) in [4.78, 5) is 26.4. The summed E-state index contributed by atoms with van der Waals surface area (Å²) >= 11 is 0. The van der Waals surface area contributed by atoms with Crippen molar-refractivity contribution in [3.63, 3.8) is 0 Å². The highest BCUT2D eigenvalue weighted by atomic mass is 16.5. The zero-order valence-corrected chi connectivity index (χ0v) is 15.4. The number of H-pyrrole nitrogens is 1. The van der Waals surface area contributed by atoms with Crippen LogP contribution in [0.2, 0.25) is 0 Å². The maximum absolute atomic E-state index is 12.7. The highest BCUT2D eigenvalue weighted by Gasteiger charge is 2.24. The number of carbonyl (C=O) groups excluding carboxylic acids is 1. The number of hydrogen-bond donors (Lipinski definition) is 2. The average Bonchev–Trinajstić information content (AvgIpc) is 2.68. The van der Waals surface area contributed by atoms with E-state index in [2.05, 4.69) is 10.2 Å². The fourth-order valence-electron chi connectivity index (χ4n) is 2.76. The van der Waals surface area contributed by atoms with Gasteiger partial charge in [0.1, 0.15) is 18.7 Å². The molecule has 0 atom stereocenters. The number of benzene rings is 2. The topological polar surface area (TPSA) is 76.5 Å². The molecule has 0 saturated heterocycles. The van der Waals surface area contributed by atoms with Crippen LogP contribution < -0.4 is 10.5 Å². The van der Waals surface area contributed by atoms with Crippen LogP contribution in [0.1, 0.15) is 10.4 Å². The van der Waals surface area contributed by atoms with Gasteiger partial charge in [0.15, 0.2) is 0 Å². The first kappa shape index (κ1) is 18.5. The normalized spacial score (nSPS) is 10.8. The van der Waals surface area contributed by atoms with Gasteiger partial charge in [-0.15, -0.1) is 0 Å². The predicted molar refractivity (Wildman–Crippen MR) is 104 cm³/mol. The molecule has 6 nitrogen and oxygen atoms in total. The van der Waals surface area contributed by atoms with Crippen LogP contribution in [0.15, 0.2) is 65.5 Å². The van der Waals surface area contributed by atoms with Crippen molar-refractivity contribution in [3.8, 4) is 22.4 Å². The Morgan fingerprint density at radius 2 is 1.59 bits per heavy atom. The quantitative estimate of drug-likeness (QED) is 0.649. The van der Waals surface area contributed by atoms with E-state index in [0.717, 1.165) is 16.0 Å². The lowest BCUT2D eigenvalue weighted by Gasteiger charge is -2.14. The summed E-state index contributed by atoms with van der Waals surface area (Å²) in [5.41, 5.74) is 1.97. The molecule has 1 aromatic heterocycles. The van der Waals surface area contributed by atoms with E-state index < -0.39 is 11.5 Å². The summed E-state index contributed by atoms with van der Waals surface area (Å²) in [5, 5.41) is 6.67. The van der Waals surface area contributed by atoms with Crippen LogP contribution in [0, 0.1) is 0 Å². The number of ether oxygens (including phenoxy) is 1. The summed E-state index contributed by atoms with van der Waals surface area (Å²) in [6.07, 6.45) is 0. The number of nitrogens with one attached hydrogen (secondary N) is 2. The van der Waals surface area contributed by atoms with Crippen molar-refractivity contribution >= 4 is 5.97 Å². The predicted octanol–water partition coefficient (Wildman–Crippen LogP) is 1.41. The average molecular weight is 364 g/mol. The molecule has 0 radical (unpaired) electrons. The molecular weight excluding hydrogens is 342 g/mol. The Morgan fingerprint density at radius 3 is 2.19 bits per heavy atom. The number of nitrogens with zero attached hydrogens (tertiary/aromatic N) is 1. The minimum atomic E-state index is -0.643. The second-order valence-electron chi connectivity index (χ2n) is 6.48. The van der Waals surface area contributed by atoms with Crippen molar-refractivity contribution in [1.29, 1.82) is 0 Å². The van der Waals surface area contributed by atoms with Crippen LogP contribution in [0.5, 0.6) is 0 Å². The summed E-state index contributed by atoms with van der Waals surface area (Å²) in [5.74, 6) is -0.643. The Kier molecular flexibility index (Phi) is 5.78. The van der Waals surface area contributed by atoms with E-state index in [-0.39, 0.29) is 12.2 Å². The van der Waals surface area contributed by atoms with Crippen molar-refractivity contribution in [2.24, 2.45) is 0 Å². The number of aromatic nitrogens is 2. The number of likely N-dealkylation sites (N-methyl/N-ethyl adjacent to an activating group) is 1. The molecule has 0 aliphatic heterocycles. The van der Waals surface area contributed by atoms with Gasteiger partial charge in [-0.2, -0.15) is 5.10 Å². The maximum Gasteiger partial charge on any atom is 0.344 e. The van der Waals surface area contributed by atoms with Gasteiger partial charge in [0.25, 0.3) is 5.56 Å². The molecule has 0 spiro atoms. The van der Waals surface area contributed by atoms with Crippen LogP contribution in [0.3, 0.4) is 0 Å². The maximum atomic E-state index is 12.7. The molecular formula is C21H22N3O3+. The molecule has 0 saturated carbocycles. The van der Waals surface area contributed by atoms with E-state index in [4.69, 9.17) is 4.74 Å². The van der Waals surface area contributed by atoms with Gasteiger partial charge in [0.2, 0.25) is 0 Å². The summed E-state index contributed by atoms with van der Waals surface area (Å²) in [7, 11) is 3.94. The molecule has 6 heteroatoms. The van der Waals surface area contributed by atoms with Crippen molar-refractivity contribution in [2.75, 3.05) is 27.2 Å². The van der Waals surface area contributed by atoms with Gasteiger partial charge in [0, 0.05) is 11.1 Å². The Hall–Kier alpha value is -3.25. The zero-order chi connectivity index (χ0) is 19.2. The molecule has 0 aliphatic rings. The van der Waals surface area contributed by atoms with E-state index in [9.17, 15) is 9.59 Å². The first-order valence-corrected chi connectivity index (χ1v) is 8.77. The number of aromatic amines is 1. The van der Waals surface area contributed by atoms with Gasteiger partial charge in [-0.25, -0.2) is 9.89 Å². The molecule has 0 aliphatic carbocycles. The van der Waals surface area contributed by atoms with Gasteiger partial charge in [-0.3, -0.25) is 4.79 Å². The second kappa shape index (κ2) is 8.42. The zero-order valence-electron chi connectivity index (χ0n) is 15.4. The number of carbonyl (C=O) groups is 1. The fraction of sp³-hybridized carbons (Fsp3) is 0.190. The van der Waals surface area contributed by atoms with Crippen molar-refractivity contribution in [2.45, 2.75) is 0 Å². The van der Waals surface area contributed by atoms with Crippen LogP contribution in [-0.2, 0) is 4.74 Å². The third-order valence-corrected chi connectivity index (χ3v) is 4.13. The van der Waals surface area contributed by atoms with Crippen LogP contribution >= 0.6 is 0 Å². The Labute approximate surface area is 157 Å². The molecule has 3 aromatic rings.